The van der Waals surface area contributed by atoms with Crippen molar-refractivity contribution in [3.05, 3.63) is 0 Å². The minimum absolute atomic E-state index is 0.0881. The molecule has 0 radical (unpaired) electrons. The van der Waals surface area contributed by atoms with Crippen LogP contribution in [-0.4, -0.2) is 34.1 Å². The molecule has 1 saturated heterocycles. The minimum Gasteiger partial charge on any atom is -0.474 e. The monoisotopic (exact) mass is 228 g/mol. The Hall–Kier alpha value is -1.10. The van der Waals surface area contributed by atoms with Crippen molar-refractivity contribution in [1.29, 1.82) is 0 Å². The number of carboxylic acid groups (broad SMARTS) is 1. The molecule has 1 amide bonds. The van der Waals surface area contributed by atoms with E-state index in [4.69, 9.17) is 5.11 Å². The van der Waals surface area contributed by atoms with Gasteiger partial charge in [0, 0.05) is 17.1 Å². The minimum atomic E-state index is -1.42. The van der Waals surface area contributed by atoms with Gasteiger partial charge in [0.05, 0.1) is 0 Å². The average Bonchev–Trinajstić information content (AvgIpc) is 1.96. The third-order valence-corrected chi connectivity index (χ3v) is 2.72. The van der Waals surface area contributed by atoms with Gasteiger partial charge in [-0.25, -0.2) is 4.79 Å². The van der Waals surface area contributed by atoms with E-state index < -0.39 is 11.9 Å². The molecule has 0 aliphatic carbocycles. The molecule has 0 aromatic heterocycles. The molecule has 16 heavy (non-hydrogen) atoms. The Morgan fingerprint density at radius 1 is 1.19 bits per heavy atom. The number of piperidine rings is 1. The molecule has 1 aliphatic heterocycles. The number of nitrogens with one attached hydrogen (secondary N) is 2. The lowest BCUT2D eigenvalue weighted by atomic mass is 9.79. The van der Waals surface area contributed by atoms with E-state index in [0.717, 1.165) is 12.8 Å². The second-order valence-corrected chi connectivity index (χ2v) is 5.78. The Labute approximate surface area is 95.6 Å². The third-order valence-electron chi connectivity index (χ3n) is 2.72. The Morgan fingerprint density at radius 2 is 1.62 bits per heavy atom. The SMILES string of the molecule is CC1(C)CC(NC(=O)C(=O)O)CC(C)(C)N1. The molecule has 0 saturated carbocycles. The van der Waals surface area contributed by atoms with Crippen LogP contribution >= 0.6 is 0 Å². The predicted octanol–water partition coefficient (Wildman–Crippen LogP) is 0.496. The first kappa shape index (κ1) is 13.0. The molecule has 92 valence electrons. The van der Waals surface area contributed by atoms with Gasteiger partial charge in [-0.1, -0.05) is 0 Å². The van der Waals surface area contributed by atoms with Crippen molar-refractivity contribution >= 4 is 11.9 Å². The highest BCUT2D eigenvalue weighted by atomic mass is 16.4. The van der Waals surface area contributed by atoms with E-state index in [0.29, 0.717) is 0 Å². The summed E-state index contributed by atoms with van der Waals surface area (Å²) in [6, 6.07) is -0.0881. The number of carbonyl (C=O) groups excluding carboxylic acids is 1. The van der Waals surface area contributed by atoms with Crippen LogP contribution in [0, 0.1) is 0 Å². The zero-order chi connectivity index (χ0) is 12.6. The fraction of sp³-hybridized carbons (Fsp3) is 0.818. The summed E-state index contributed by atoms with van der Waals surface area (Å²) in [5.41, 5.74) is -0.198. The topological polar surface area (TPSA) is 78.4 Å². The van der Waals surface area contributed by atoms with Crippen LogP contribution in [0.2, 0.25) is 0 Å². The summed E-state index contributed by atoms with van der Waals surface area (Å²) in [6.07, 6.45) is 1.46. The van der Waals surface area contributed by atoms with E-state index in [2.05, 4.69) is 10.6 Å². The maximum atomic E-state index is 11.1. The number of hydrogen-bond donors (Lipinski definition) is 3. The van der Waals surface area contributed by atoms with Crippen molar-refractivity contribution < 1.29 is 14.7 Å². The van der Waals surface area contributed by atoms with Gasteiger partial charge in [0.1, 0.15) is 0 Å². The van der Waals surface area contributed by atoms with Crippen molar-refractivity contribution in [1.82, 2.24) is 10.6 Å². The molecule has 5 heteroatoms. The van der Waals surface area contributed by atoms with Gasteiger partial charge in [-0.15, -0.1) is 0 Å². The summed E-state index contributed by atoms with van der Waals surface area (Å²) in [4.78, 5) is 21.6. The van der Waals surface area contributed by atoms with Crippen molar-refractivity contribution in [2.24, 2.45) is 0 Å². The molecule has 0 spiro atoms. The van der Waals surface area contributed by atoms with Gasteiger partial charge < -0.3 is 15.7 Å². The van der Waals surface area contributed by atoms with Crippen LogP contribution in [0.5, 0.6) is 0 Å². The van der Waals surface area contributed by atoms with Crippen LogP contribution < -0.4 is 10.6 Å². The van der Waals surface area contributed by atoms with Crippen LogP contribution in [-0.2, 0) is 9.59 Å². The quantitative estimate of drug-likeness (QED) is 0.571. The number of hydrogen-bond acceptors (Lipinski definition) is 3. The molecule has 0 unspecified atom stereocenters. The molecule has 3 N–H and O–H groups in total. The Morgan fingerprint density at radius 3 is 2.00 bits per heavy atom. The van der Waals surface area contributed by atoms with Gasteiger partial charge in [0.15, 0.2) is 0 Å². The molecule has 0 atom stereocenters. The molecule has 0 bridgehead atoms. The number of carbonyl (C=O) groups is 2. The second-order valence-electron chi connectivity index (χ2n) is 5.78. The largest absolute Gasteiger partial charge is 0.474 e. The van der Waals surface area contributed by atoms with Crippen LogP contribution in [0.4, 0.5) is 0 Å². The van der Waals surface area contributed by atoms with Gasteiger partial charge in [-0.05, 0) is 40.5 Å². The number of aliphatic carboxylic acids is 1. The summed E-state index contributed by atoms with van der Waals surface area (Å²) in [7, 11) is 0. The molecular weight excluding hydrogens is 208 g/mol. The first-order valence-corrected chi connectivity index (χ1v) is 5.44. The van der Waals surface area contributed by atoms with E-state index in [9.17, 15) is 9.59 Å². The zero-order valence-electron chi connectivity index (χ0n) is 10.3. The fourth-order valence-corrected chi connectivity index (χ4v) is 2.67. The van der Waals surface area contributed by atoms with Crippen molar-refractivity contribution in [3.63, 3.8) is 0 Å². The highest BCUT2D eigenvalue weighted by Gasteiger charge is 2.38. The van der Waals surface area contributed by atoms with E-state index >= 15 is 0 Å². The molecule has 0 aromatic rings. The highest BCUT2D eigenvalue weighted by Crippen LogP contribution is 2.28. The van der Waals surface area contributed by atoms with Gasteiger partial charge in [-0.2, -0.15) is 0 Å². The molecule has 5 nitrogen and oxygen atoms in total. The molecule has 1 fully saturated rings. The van der Waals surface area contributed by atoms with E-state index in [1.807, 2.05) is 27.7 Å². The van der Waals surface area contributed by atoms with Crippen LogP contribution in [0.1, 0.15) is 40.5 Å². The summed E-state index contributed by atoms with van der Waals surface area (Å²) < 4.78 is 0. The molecule has 1 heterocycles. The lowest BCUT2D eigenvalue weighted by Gasteiger charge is -2.46. The molecule has 1 rings (SSSR count). The normalized spacial score (nSPS) is 23.8. The van der Waals surface area contributed by atoms with Crippen molar-refractivity contribution in [3.8, 4) is 0 Å². The number of carboxylic acids is 1. The first-order valence-electron chi connectivity index (χ1n) is 5.44. The van der Waals surface area contributed by atoms with Crippen molar-refractivity contribution in [2.45, 2.75) is 57.7 Å². The Kier molecular flexibility index (Phi) is 3.28. The lowest BCUT2D eigenvalue weighted by Crippen LogP contribution is -2.62. The standard InChI is InChI=1S/C11H20N2O3/c1-10(2)5-7(6-11(3,4)13-10)12-8(14)9(15)16/h7,13H,5-6H2,1-4H3,(H,12,14)(H,15,16). The summed E-state index contributed by atoms with van der Waals surface area (Å²) in [5.74, 6) is -2.34. The van der Waals surface area contributed by atoms with Crippen LogP contribution in [0.25, 0.3) is 0 Å². The summed E-state index contributed by atoms with van der Waals surface area (Å²) in [5, 5.41) is 14.6. The number of rotatable bonds is 1. The average molecular weight is 228 g/mol. The highest BCUT2D eigenvalue weighted by molar-refractivity contribution is 6.31. The lowest BCUT2D eigenvalue weighted by molar-refractivity contribution is -0.150. The second kappa shape index (κ2) is 4.05. The summed E-state index contributed by atoms with van der Waals surface area (Å²) >= 11 is 0. The summed E-state index contributed by atoms with van der Waals surface area (Å²) in [6.45, 7) is 8.20. The molecule has 0 aromatic carbocycles. The van der Waals surface area contributed by atoms with E-state index in [1.54, 1.807) is 0 Å². The third kappa shape index (κ3) is 3.48. The van der Waals surface area contributed by atoms with Crippen molar-refractivity contribution in [2.75, 3.05) is 0 Å². The maximum absolute atomic E-state index is 11.1. The van der Waals surface area contributed by atoms with Gasteiger partial charge in [-0.3, -0.25) is 4.79 Å². The van der Waals surface area contributed by atoms with E-state index in [-0.39, 0.29) is 17.1 Å². The van der Waals surface area contributed by atoms with E-state index in [1.165, 1.54) is 0 Å². The molecular formula is C11H20N2O3. The van der Waals surface area contributed by atoms with Gasteiger partial charge in [0.25, 0.3) is 0 Å². The van der Waals surface area contributed by atoms with Gasteiger partial charge >= 0.3 is 11.9 Å². The number of amides is 1. The van der Waals surface area contributed by atoms with Crippen LogP contribution in [0.15, 0.2) is 0 Å². The molecule has 1 aliphatic rings. The van der Waals surface area contributed by atoms with Gasteiger partial charge in [0.2, 0.25) is 0 Å². The maximum Gasteiger partial charge on any atom is 0.394 e. The first-order chi connectivity index (χ1) is 7.11. The fourth-order valence-electron chi connectivity index (χ4n) is 2.67. The smallest absolute Gasteiger partial charge is 0.394 e. The zero-order valence-corrected chi connectivity index (χ0v) is 10.3. The Balaban J connectivity index is 2.68. The predicted molar refractivity (Wildman–Crippen MR) is 60.1 cm³/mol. The van der Waals surface area contributed by atoms with Crippen LogP contribution in [0.3, 0.4) is 0 Å². The Bertz CT molecular complexity index is 294.